The first-order chi connectivity index (χ1) is 8.67. The van der Waals surface area contributed by atoms with Gasteiger partial charge in [-0.2, -0.15) is 0 Å². The van der Waals surface area contributed by atoms with Gasteiger partial charge in [-0.1, -0.05) is 13.8 Å². The predicted octanol–water partition coefficient (Wildman–Crippen LogP) is 3.67. The quantitative estimate of drug-likeness (QED) is 0.767. The second-order valence-corrected chi connectivity index (χ2v) is 4.66. The molecule has 3 heteroatoms. The van der Waals surface area contributed by atoms with E-state index >= 15 is 0 Å². The Morgan fingerprint density at radius 2 is 2.11 bits per heavy atom. The van der Waals surface area contributed by atoms with Gasteiger partial charge in [0.15, 0.2) is 0 Å². The van der Waals surface area contributed by atoms with Crippen molar-refractivity contribution in [3.05, 3.63) is 29.6 Å². The highest BCUT2D eigenvalue weighted by Gasteiger charge is 2.06. The van der Waals surface area contributed by atoms with Crippen LogP contribution in [0.3, 0.4) is 0 Å². The van der Waals surface area contributed by atoms with Crippen molar-refractivity contribution < 1.29 is 9.13 Å². The van der Waals surface area contributed by atoms with Crippen molar-refractivity contribution in [1.82, 2.24) is 0 Å². The molecule has 102 valence electrons. The van der Waals surface area contributed by atoms with Crippen LogP contribution >= 0.6 is 0 Å². The van der Waals surface area contributed by atoms with Crippen LogP contribution in [0.5, 0.6) is 5.75 Å². The molecular weight excluding hydrogens is 229 g/mol. The van der Waals surface area contributed by atoms with E-state index in [1.54, 1.807) is 12.1 Å². The molecule has 1 aromatic rings. The second kappa shape index (κ2) is 8.09. The van der Waals surface area contributed by atoms with Gasteiger partial charge in [0.2, 0.25) is 0 Å². The summed E-state index contributed by atoms with van der Waals surface area (Å²) in [5.41, 5.74) is 6.83. The molecule has 1 rings (SSSR count). The average Bonchev–Trinajstić information content (AvgIpc) is 2.37. The Morgan fingerprint density at radius 3 is 2.78 bits per heavy atom. The van der Waals surface area contributed by atoms with Crippen LogP contribution < -0.4 is 10.5 Å². The molecule has 0 heterocycles. The van der Waals surface area contributed by atoms with Gasteiger partial charge in [-0.25, -0.2) is 4.39 Å². The van der Waals surface area contributed by atoms with Gasteiger partial charge in [0, 0.05) is 6.04 Å². The van der Waals surface area contributed by atoms with Gasteiger partial charge in [0.05, 0.1) is 6.61 Å². The summed E-state index contributed by atoms with van der Waals surface area (Å²) in [5.74, 6) is 0.608. The predicted molar refractivity (Wildman–Crippen MR) is 73.4 cm³/mol. The first-order valence-electron chi connectivity index (χ1n) is 6.84. The summed E-state index contributed by atoms with van der Waals surface area (Å²) in [7, 11) is 0. The highest BCUT2D eigenvalue weighted by Crippen LogP contribution is 2.22. The maximum Gasteiger partial charge on any atom is 0.123 e. The molecule has 0 bridgehead atoms. The maximum absolute atomic E-state index is 13.2. The number of nitrogens with two attached hydrogens (primary N) is 1. The number of rotatable bonds is 8. The summed E-state index contributed by atoms with van der Waals surface area (Å²) in [4.78, 5) is 0. The Hall–Kier alpha value is -1.09. The molecule has 0 amide bonds. The monoisotopic (exact) mass is 253 g/mol. The second-order valence-electron chi connectivity index (χ2n) is 4.66. The van der Waals surface area contributed by atoms with Crippen molar-refractivity contribution in [3.8, 4) is 5.75 Å². The molecule has 0 aliphatic carbocycles. The standard InChI is InChI=1S/C15H24FNO/c1-3-10-18-15-9-8-13(16)11-12(15)6-5-7-14(17)4-2/h8-9,11,14H,3-7,10,17H2,1-2H3. The number of hydrogen-bond acceptors (Lipinski definition) is 2. The Morgan fingerprint density at radius 1 is 1.33 bits per heavy atom. The number of halogens is 1. The SMILES string of the molecule is CCCOc1ccc(F)cc1CCCC(N)CC. The van der Waals surface area contributed by atoms with Crippen molar-refractivity contribution in [2.24, 2.45) is 5.73 Å². The highest BCUT2D eigenvalue weighted by molar-refractivity contribution is 5.34. The third-order valence-corrected chi connectivity index (χ3v) is 3.03. The fourth-order valence-corrected chi connectivity index (χ4v) is 1.86. The molecule has 0 radical (unpaired) electrons. The summed E-state index contributed by atoms with van der Waals surface area (Å²) in [6.07, 6.45) is 4.71. The van der Waals surface area contributed by atoms with Crippen molar-refractivity contribution in [2.75, 3.05) is 6.61 Å². The molecule has 0 fully saturated rings. The van der Waals surface area contributed by atoms with Gasteiger partial charge in [-0.15, -0.1) is 0 Å². The van der Waals surface area contributed by atoms with E-state index in [0.717, 1.165) is 43.4 Å². The smallest absolute Gasteiger partial charge is 0.123 e. The maximum atomic E-state index is 13.2. The Bertz CT molecular complexity index is 354. The summed E-state index contributed by atoms with van der Waals surface area (Å²) in [6, 6.07) is 4.99. The molecule has 1 unspecified atom stereocenters. The van der Waals surface area contributed by atoms with Crippen LogP contribution in [0.15, 0.2) is 18.2 Å². The van der Waals surface area contributed by atoms with Crippen LogP contribution in [0.4, 0.5) is 4.39 Å². The van der Waals surface area contributed by atoms with Crippen molar-refractivity contribution in [1.29, 1.82) is 0 Å². The molecule has 2 N–H and O–H groups in total. The lowest BCUT2D eigenvalue weighted by atomic mass is 10.0. The fourth-order valence-electron chi connectivity index (χ4n) is 1.86. The van der Waals surface area contributed by atoms with E-state index in [4.69, 9.17) is 10.5 Å². The zero-order valence-corrected chi connectivity index (χ0v) is 11.4. The first kappa shape index (κ1) is 15.0. The summed E-state index contributed by atoms with van der Waals surface area (Å²) < 4.78 is 18.9. The van der Waals surface area contributed by atoms with E-state index in [1.165, 1.54) is 6.07 Å². The third-order valence-electron chi connectivity index (χ3n) is 3.03. The van der Waals surface area contributed by atoms with Crippen LogP contribution in [0.1, 0.15) is 45.1 Å². The molecule has 0 aliphatic rings. The van der Waals surface area contributed by atoms with E-state index < -0.39 is 0 Å². The largest absolute Gasteiger partial charge is 0.493 e. The van der Waals surface area contributed by atoms with Crippen molar-refractivity contribution >= 4 is 0 Å². The lowest BCUT2D eigenvalue weighted by molar-refractivity contribution is 0.313. The minimum atomic E-state index is -0.200. The molecule has 18 heavy (non-hydrogen) atoms. The molecule has 0 aromatic heterocycles. The Balaban J connectivity index is 2.58. The Kier molecular flexibility index (Phi) is 6.73. The van der Waals surface area contributed by atoms with E-state index in [1.807, 2.05) is 0 Å². The van der Waals surface area contributed by atoms with Crippen LogP contribution in [0, 0.1) is 5.82 Å². The minimum Gasteiger partial charge on any atom is -0.493 e. The third kappa shape index (κ3) is 5.05. The zero-order chi connectivity index (χ0) is 13.4. The number of ether oxygens (including phenoxy) is 1. The molecule has 1 aromatic carbocycles. The van der Waals surface area contributed by atoms with E-state index in [2.05, 4.69) is 13.8 Å². The van der Waals surface area contributed by atoms with Gasteiger partial charge in [-0.3, -0.25) is 0 Å². The summed E-state index contributed by atoms with van der Waals surface area (Å²) in [6.45, 7) is 4.82. The lowest BCUT2D eigenvalue weighted by Gasteiger charge is -2.12. The summed E-state index contributed by atoms with van der Waals surface area (Å²) >= 11 is 0. The Labute approximate surface area is 109 Å². The van der Waals surface area contributed by atoms with Crippen molar-refractivity contribution in [3.63, 3.8) is 0 Å². The molecular formula is C15H24FNO. The topological polar surface area (TPSA) is 35.2 Å². The average molecular weight is 253 g/mol. The van der Waals surface area contributed by atoms with Crippen molar-refractivity contribution in [2.45, 2.75) is 52.0 Å². The molecule has 0 aliphatic heterocycles. The van der Waals surface area contributed by atoms with Gasteiger partial charge in [-0.05, 0) is 55.9 Å². The normalized spacial score (nSPS) is 12.4. The van der Waals surface area contributed by atoms with Gasteiger partial charge in [0.1, 0.15) is 11.6 Å². The number of aryl methyl sites for hydroxylation is 1. The molecule has 1 atom stereocenters. The first-order valence-corrected chi connectivity index (χ1v) is 6.84. The molecule has 0 saturated carbocycles. The highest BCUT2D eigenvalue weighted by atomic mass is 19.1. The van der Waals surface area contributed by atoms with Gasteiger partial charge in [0.25, 0.3) is 0 Å². The molecule has 0 spiro atoms. The van der Waals surface area contributed by atoms with Gasteiger partial charge < -0.3 is 10.5 Å². The van der Waals surface area contributed by atoms with Crippen LogP contribution in [-0.4, -0.2) is 12.6 Å². The van der Waals surface area contributed by atoms with E-state index in [0.29, 0.717) is 6.61 Å². The lowest BCUT2D eigenvalue weighted by Crippen LogP contribution is -2.18. The van der Waals surface area contributed by atoms with Crippen LogP contribution in [-0.2, 0) is 6.42 Å². The summed E-state index contributed by atoms with van der Waals surface area (Å²) in [5, 5.41) is 0. The van der Waals surface area contributed by atoms with E-state index in [-0.39, 0.29) is 11.9 Å². The van der Waals surface area contributed by atoms with Crippen LogP contribution in [0.25, 0.3) is 0 Å². The van der Waals surface area contributed by atoms with Gasteiger partial charge >= 0.3 is 0 Å². The fraction of sp³-hybridized carbons (Fsp3) is 0.600. The van der Waals surface area contributed by atoms with E-state index in [9.17, 15) is 4.39 Å². The number of benzene rings is 1. The molecule has 2 nitrogen and oxygen atoms in total. The number of hydrogen-bond donors (Lipinski definition) is 1. The zero-order valence-electron chi connectivity index (χ0n) is 11.4. The molecule has 0 saturated heterocycles. The van der Waals surface area contributed by atoms with Crippen LogP contribution in [0.2, 0.25) is 0 Å². The minimum absolute atomic E-state index is 0.200.